The van der Waals surface area contributed by atoms with Crippen molar-refractivity contribution in [2.75, 3.05) is 20.1 Å². The molecule has 10 heteroatoms. The number of hydrogen-bond donors (Lipinski definition) is 2. The molecule has 4 rings (SSSR count). The summed E-state index contributed by atoms with van der Waals surface area (Å²) in [6.45, 7) is 10.3. The van der Waals surface area contributed by atoms with Crippen LogP contribution in [-0.4, -0.2) is 47.3 Å². The average molecular weight is 638 g/mol. The van der Waals surface area contributed by atoms with E-state index in [9.17, 15) is 22.4 Å². The Morgan fingerprint density at radius 1 is 1.05 bits per heavy atom. The number of aryl methyl sites for hydroxylation is 2. The number of alkyl halides is 3. The molecule has 44 heavy (non-hydrogen) atoms. The first-order valence-corrected chi connectivity index (χ1v) is 15.1. The van der Waals surface area contributed by atoms with E-state index >= 15 is 0 Å². The van der Waals surface area contributed by atoms with Crippen LogP contribution < -0.4 is 5.32 Å². The minimum Gasteiger partial charge on any atom is -0.393 e. The fourth-order valence-electron chi connectivity index (χ4n) is 4.06. The van der Waals surface area contributed by atoms with Gasteiger partial charge in [-0.15, -0.1) is 0 Å². The molecular weight excluding hydrogens is 594 g/mol. The van der Waals surface area contributed by atoms with E-state index in [4.69, 9.17) is 16.7 Å². The van der Waals surface area contributed by atoms with Crippen molar-refractivity contribution in [3.8, 4) is 0 Å². The Morgan fingerprint density at radius 2 is 1.66 bits per heavy atom. The molecule has 0 bridgehead atoms. The number of amides is 2. The molecule has 0 unspecified atom stereocenters. The molecule has 0 aliphatic carbocycles. The van der Waals surface area contributed by atoms with Crippen molar-refractivity contribution >= 4 is 23.2 Å². The highest BCUT2D eigenvalue weighted by atomic mass is 35.5. The number of carbonyl (C=O) groups excluding carboxylic acids is 1. The zero-order valence-electron chi connectivity index (χ0n) is 25.9. The summed E-state index contributed by atoms with van der Waals surface area (Å²) in [5, 5.41) is 12.4. The minimum atomic E-state index is -4.52. The second-order valence-electron chi connectivity index (χ2n) is 9.94. The molecule has 0 radical (unpaired) electrons. The lowest BCUT2D eigenvalue weighted by Crippen LogP contribution is -2.44. The largest absolute Gasteiger partial charge is 0.416 e. The van der Waals surface area contributed by atoms with Gasteiger partial charge in [-0.3, -0.25) is 4.98 Å². The number of aromatic nitrogens is 1. The van der Waals surface area contributed by atoms with E-state index in [2.05, 4.69) is 47.2 Å². The number of hydrogen-bond acceptors (Lipinski definition) is 3. The molecule has 1 aliphatic heterocycles. The third-order valence-corrected chi connectivity index (χ3v) is 6.69. The molecule has 1 aromatic heterocycles. The second kappa shape index (κ2) is 20.5. The van der Waals surface area contributed by atoms with Crippen LogP contribution in [0.4, 0.5) is 22.4 Å². The summed E-state index contributed by atoms with van der Waals surface area (Å²) in [4.78, 5) is 17.0. The van der Waals surface area contributed by atoms with Gasteiger partial charge in [0.1, 0.15) is 5.82 Å². The zero-order valence-corrected chi connectivity index (χ0v) is 26.7. The number of aliphatic hydroxyl groups excluding tert-OH is 1. The molecule has 2 N–H and O–H groups in total. The van der Waals surface area contributed by atoms with Gasteiger partial charge in [-0.1, -0.05) is 67.9 Å². The molecule has 0 atom stereocenters. The number of allylic oxidation sites excluding steroid dienone is 1. The summed E-state index contributed by atoms with van der Waals surface area (Å²) >= 11 is 5.79. The van der Waals surface area contributed by atoms with E-state index in [1.807, 2.05) is 26.0 Å². The van der Waals surface area contributed by atoms with E-state index in [0.717, 1.165) is 30.7 Å². The standard InChI is InChI=1S/C15H16ClN.C10H8F4.C7H14N2O2.C2H6/c16-14-10-11-15(17-12-14)9-5-4-8-13-6-2-1-3-7-13;1-6(2)7-3-8(10(12,13)14)5-9(11)4-7;1-8-7(11)9-4-2-6(10)3-5-9;1-2/h1-3,6-7,10-12H,4-5,8-9H2;3-5H,1H2,2H3;6,10H,2-5H2,1H3,(H,8,11);1-2H3. The van der Waals surface area contributed by atoms with E-state index in [-0.39, 0.29) is 17.7 Å². The molecule has 0 saturated carbocycles. The van der Waals surface area contributed by atoms with Crippen LogP contribution in [0.15, 0.2) is 73.4 Å². The van der Waals surface area contributed by atoms with Crippen LogP contribution in [0.25, 0.3) is 5.57 Å². The van der Waals surface area contributed by atoms with Crippen molar-refractivity contribution < 1.29 is 27.5 Å². The van der Waals surface area contributed by atoms with Gasteiger partial charge in [0.2, 0.25) is 0 Å². The van der Waals surface area contributed by atoms with Crippen molar-refractivity contribution in [1.29, 1.82) is 0 Å². The number of rotatable bonds is 6. The molecule has 2 amide bonds. The SMILES string of the molecule is C=C(C)c1cc(F)cc(C(F)(F)F)c1.CC.CNC(=O)N1CCC(O)CC1.Clc1ccc(CCCCc2ccccc2)nc1. The van der Waals surface area contributed by atoms with Crippen LogP contribution in [-0.2, 0) is 19.0 Å². The van der Waals surface area contributed by atoms with E-state index in [1.54, 1.807) is 18.1 Å². The summed E-state index contributed by atoms with van der Waals surface area (Å²) in [7, 11) is 1.62. The first-order valence-electron chi connectivity index (χ1n) is 14.7. The number of aliphatic hydroxyl groups is 1. The van der Waals surface area contributed by atoms with Gasteiger partial charge in [-0.25, -0.2) is 9.18 Å². The van der Waals surface area contributed by atoms with Gasteiger partial charge in [0.25, 0.3) is 0 Å². The predicted octanol–water partition coefficient (Wildman–Crippen LogP) is 8.99. The van der Waals surface area contributed by atoms with Crippen LogP contribution in [0.2, 0.25) is 5.02 Å². The Morgan fingerprint density at radius 3 is 2.18 bits per heavy atom. The summed E-state index contributed by atoms with van der Waals surface area (Å²) in [6, 6.07) is 16.8. The number of benzene rings is 2. The Kier molecular flexibility index (Phi) is 18.0. The van der Waals surface area contributed by atoms with Gasteiger partial charge in [-0.05, 0) is 86.9 Å². The fraction of sp³-hybridized carbons (Fsp3) is 0.412. The Labute approximate surface area is 264 Å². The molecule has 3 aromatic rings. The number of carbonyl (C=O) groups is 1. The zero-order chi connectivity index (χ0) is 33.1. The Bertz CT molecular complexity index is 1250. The number of nitrogens with one attached hydrogen (secondary N) is 1. The van der Waals surface area contributed by atoms with Crippen LogP contribution in [0.3, 0.4) is 0 Å². The van der Waals surface area contributed by atoms with Gasteiger partial charge in [-0.2, -0.15) is 13.2 Å². The molecular formula is C34H44ClF4N3O2. The van der Waals surface area contributed by atoms with Crippen molar-refractivity contribution in [3.05, 3.63) is 107 Å². The maximum Gasteiger partial charge on any atom is 0.416 e. The van der Waals surface area contributed by atoms with E-state index in [0.29, 0.717) is 42.6 Å². The normalized spacial score (nSPS) is 12.8. The molecule has 242 valence electrons. The molecule has 0 spiro atoms. The Hall–Kier alpha value is -3.43. The van der Waals surface area contributed by atoms with Crippen LogP contribution in [0, 0.1) is 5.82 Å². The number of halogens is 5. The van der Waals surface area contributed by atoms with Gasteiger partial charge in [0.15, 0.2) is 0 Å². The number of nitrogens with zero attached hydrogens (tertiary/aromatic N) is 2. The van der Waals surface area contributed by atoms with E-state index < -0.39 is 17.6 Å². The predicted molar refractivity (Wildman–Crippen MR) is 171 cm³/mol. The lowest BCUT2D eigenvalue weighted by molar-refractivity contribution is -0.137. The van der Waals surface area contributed by atoms with Gasteiger partial charge >= 0.3 is 12.2 Å². The van der Waals surface area contributed by atoms with Gasteiger partial charge in [0.05, 0.1) is 16.7 Å². The highest BCUT2D eigenvalue weighted by Gasteiger charge is 2.31. The van der Waals surface area contributed by atoms with Crippen molar-refractivity contribution in [1.82, 2.24) is 15.2 Å². The fourth-order valence-corrected chi connectivity index (χ4v) is 4.17. The van der Waals surface area contributed by atoms with Crippen LogP contribution in [0.5, 0.6) is 0 Å². The van der Waals surface area contributed by atoms with Crippen LogP contribution >= 0.6 is 11.6 Å². The highest BCUT2D eigenvalue weighted by Crippen LogP contribution is 2.31. The minimum absolute atomic E-state index is 0.0445. The maximum absolute atomic E-state index is 12.8. The first kappa shape index (κ1) is 38.6. The quantitative estimate of drug-likeness (QED) is 0.209. The third-order valence-electron chi connectivity index (χ3n) is 6.46. The second-order valence-corrected chi connectivity index (χ2v) is 10.4. The molecule has 1 saturated heterocycles. The smallest absolute Gasteiger partial charge is 0.393 e. The first-order chi connectivity index (χ1) is 20.9. The number of piperidine rings is 1. The summed E-state index contributed by atoms with van der Waals surface area (Å²) in [5.41, 5.74) is 2.11. The highest BCUT2D eigenvalue weighted by molar-refractivity contribution is 6.30. The van der Waals surface area contributed by atoms with Gasteiger partial charge in [0, 0.05) is 32.0 Å². The monoisotopic (exact) mass is 637 g/mol. The van der Waals surface area contributed by atoms with Gasteiger partial charge < -0.3 is 15.3 Å². The van der Waals surface area contributed by atoms with Crippen molar-refractivity contribution in [3.63, 3.8) is 0 Å². The molecule has 1 fully saturated rings. The Balaban J connectivity index is 0.000000328. The van der Waals surface area contributed by atoms with Crippen molar-refractivity contribution in [2.24, 2.45) is 0 Å². The molecule has 5 nitrogen and oxygen atoms in total. The number of pyridine rings is 1. The maximum atomic E-state index is 12.8. The van der Waals surface area contributed by atoms with E-state index in [1.165, 1.54) is 25.3 Å². The summed E-state index contributed by atoms with van der Waals surface area (Å²) in [6.07, 6.45) is 2.94. The molecule has 1 aliphatic rings. The van der Waals surface area contributed by atoms with Crippen LogP contribution in [0.1, 0.15) is 68.8 Å². The summed E-state index contributed by atoms with van der Waals surface area (Å²) < 4.78 is 49.4. The van der Waals surface area contributed by atoms with Crippen molar-refractivity contribution in [2.45, 2.75) is 71.6 Å². The number of urea groups is 1. The third kappa shape index (κ3) is 15.3. The number of unbranched alkanes of at least 4 members (excludes halogenated alkanes) is 1. The summed E-state index contributed by atoms with van der Waals surface area (Å²) in [5.74, 6) is -0.905. The topological polar surface area (TPSA) is 65.5 Å². The average Bonchev–Trinajstić information content (AvgIpc) is 3.01. The molecule has 2 aromatic carbocycles. The number of likely N-dealkylation sites (tertiary alicyclic amines) is 1. The molecule has 2 heterocycles. The lowest BCUT2D eigenvalue weighted by atomic mass is 10.1. The lowest BCUT2D eigenvalue weighted by Gasteiger charge is -2.28.